The number of hydrogen-bond acceptors (Lipinski definition) is 5. The van der Waals surface area contributed by atoms with Crippen LogP contribution in [0.2, 0.25) is 0 Å². The molecule has 1 aromatic carbocycles. The highest BCUT2D eigenvalue weighted by Crippen LogP contribution is 2.29. The highest BCUT2D eigenvalue weighted by Gasteiger charge is 2.37. The summed E-state index contributed by atoms with van der Waals surface area (Å²) in [7, 11) is 0. The first-order valence-corrected chi connectivity index (χ1v) is 7.03. The highest BCUT2D eigenvalue weighted by molar-refractivity contribution is 5.81. The first-order chi connectivity index (χ1) is 10.2. The Morgan fingerprint density at radius 2 is 2.10 bits per heavy atom. The number of rotatable bonds is 3. The van der Waals surface area contributed by atoms with Gasteiger partial charge in [0.15, 0.2) is 0 Å². The normalized spacial score (nSPS) is 26.1. The lowest BCUT2D eigenvalue weighted by atomic mass is 10.1. The topological polar surface area (TPSA) is 84.7 Å². The lowest BCUT2D eigenvalue weighted by Crippen LogP contribution is -2.44. The van der Waals surface area contributed by atoms with Crippen LogP contribution in [0.15, 0.2) is 24.3 Å². The Bertz CT molecular complexity index is 540. The van der Waals surface area contributed by atoms with Gasteiger partial charge in [-0.05, 0) is 30.5 Å². The molecule has 0 aromatic heterocycles. The van der Waals surface area contributed by atoms with E-state index in [1.165, 1.54) is 12.1 Å². The minimum absolute atomic E-state index is 0.0499. The predicted octanol–water partition coefficient (Wildman–Crippen LogP) is 1.20. The second-order valence-electron chi connectivity index (χ2n) is 5.30. The van der Waals surface area contributed by atoms with Gasteiger partial charge in [-0.2, -0.15) is 0 Å². The van der Waals surface area contributed by atoms with Crippen molar-refractivity contribution in [3.8, 4) is 0 Å². The Kier molecular flexibility index (Phi) is 3.85. The summed E-state index contributed by atoms with van der Waals surface area (Å²) >= 11 is 0. The molecule has 0 bridgehead atoms. The number of nitro benzene ring substituents is 1. The summed E-state index contributed by atoms with van der Waals surface area (Å²) in [6.07, 6.45) is 1.64. The van der Waals surface area contributed by atoms with Crippen molar-refractivity contribution in [2.75, 3.05) is 19.8 Å². The minimum Gasteiger partial charge on any atom is -0.379 e. The Labute approximate surface area is 122 Å². The molecule has 2 aliphatic heterocycles. The Balaban J connectivity index is 1.82. The molecule has 2 fully saturated rings. The molecule has 1 amide bonds. The number of carbonyl (C=O) groups is 1. The van der Waals surface area contributed by atoms with Gasteiger partial charge in [-0.15, -0.1) is 0 Å². The fraction of sp³-hybridized carbons (Fsp3) is 0.500. The maximum Gasteiger partial charge on any atom is 0.269 e. The van der Waals surface area contributed by atoms with Crippen molar-refractivity contribution in [3.63, 3.8) is 0 Å². The third kappa shape index (κ3) is 2.74. The first-order valence-electron chi connectivity index (χ1n) is 7.03. The van der Waals surface area contributed by atoms with Crippen molar-refractivity contribution < 1.29 is 14.5 Å². The molecule has 2 unspecified atom stereocenters. The van der Waals surface area contributed by atoms with Crippen LogP contribution in [-0.4, -0.2) is 41.5 Å². The van der Waals surface area contributed by atoms with E-state index in [0.717, 1.165) is 25.0 Å². The van der Waals surface area contributed by atoms with Crippen molar-refractivity contribution in [1.29, 1.82) is 0 Å². The summed E-state index contributed by atoms with van der Waals surface area (Å²) in [6, 6.07) is 6.40. The molecule has 7 heteroatoms. The van der Waals surface area contributed by atoms with E-state index in [4.69, 9.17) is 4.74 Å². The Morgan fingerprint density at radius 1 is 1.33 bits per heavy atom. The smallest absolute Gasteiger partial charge is 0.269 e. The van der Waals surface area contributed by atoms with E-state index >= 15 is 0 Å². The number of nitro groups is 1. The monoisotopic (exact) mass is 291 g/mol. The molecule has 0 spiro atoms. The van der Waals surface area contributed by atoms with Crippen LogP contribution in [0.25, 0.3) is 0 Å². The van der Waals surface area contributed by atoms with Crippen LogP contribution in [0, 0.1) is 10.1 Å². The zero-order valence-corrected chi connectivity index (χ0v) is 11.5. The lowest BCUT2D eigenvalue weighted by Gasteiger charge is -2.35. The number of hydrogen-bond donors (Lipinski definition) is 1. The standard InChI is InChI=1S/C14H17N3O4/c18-13-8-15-14(16(13)12-2-1-7-21-9-12)10-3-5-11(6-4-10)17(19)20/h3-6,12,14-15H,1-2,7-9H2. The number of benzene rings is 1. The van der Waals surface area contributed by atoms with Crippen LogP contribution < -0.4 is 5.32 Å². The first kappa shape index (κ1) is 14.0. The van der Waals surface area contributed by atoms with Gasteiger partial charge in [0, 0.05) is 18.7 Å². The highest BCUT2D eigenvalue weighted by atomic mass is 16.6. The molecule has 1 N–H and O–H groups in total. The van der Waals surface area contributed by atoms with E-state index in [1.807, 2.05) is 4.90 Å². The molecule has 2 atom stereocenters. The fourth-order valence-electron chi connectivity index (χ4n) is 2.93. The number of nitrogens with one attached hydrogen (secondary N) is 1. The average molecular weight is 291 g/mol. The maximum absolute atomic E-state index is 12.1. The van der Waals surface area contributed by atoms with E-state index in [1.54, 1.807) is 12.1 Å². The summed E-state index contributed by atoms with van der Waals surface area (Å²) in [5.41, 5.74) is 0.910. The zero-order chi connectivity index (χ0) is 14.8. The molecule has 2 saturated heterocycles. The van der Waals surface area contributed by atoms with E-state index in [9.17, 15) is 14.9 Å². The fourth-order valence-corrected chi connectivity index (χ4v) is 2.93. The lowest BCUT2D eigenvalue weighted by molar-refractivity contribution is -0.384. The van der Waals surface area contributed by atoms with Crippen molar-refractivity contribution in [2.45, 2.75) is 25.0 Å². The van der Waals surface area contributed by atoms with Gasteiger partial charge in [0.05, 0.1) is 24.1 Å². The molecule has 7 nitrogen and oxygen atoms in total. The van der Waals surface area contributed by atoms with Crippen molar-refractivity contribution in [2.24, 2.45) is 0 Å². The van der Waals surface area contributed by atoms with Crippen LogP contribution in [0.3, 0.4) is 0 Å². The maximum atomic E-state index is 12.1. The van der Waals surface area contributed by atoms with Crippen molar-refractivity contribution >= 4 is 11.6 Å². The quantitative estimate of drug-likeness (QED) is 0.668. The van der Waals surface area contributed by atoms with E-state index < -0.39 is 4.92 Å². The van der Waals surface area contributed by atoms with E-state index in [0.29, 0.717) is 6.61 Å². The van der Waals surface area contributed by atoms with Crippen LogP contribution in [0.4, 0.5) is 5.69 Å². The van der Waals surface area contributed by atoms with Gasteiger partial charge in [-0.3, -0.25) is 20.2 Å². The zero-order valence-electron chi connectivity index (χ0n) is 11.5. The summed E-state index contributed by atoms with van der Waals surface area (Å²) in [5.74, 6) is 0.0499. The predicted molar refractivity (Wildman–Crippen MR) is 74.5 cm³/mol. The molecule has 0 radical (unpaired) electrons. The van der Waals surface area contributed by atoms with Crippen LogP contribution in [0.5, 0.6) is 0 Å². The average Bonchev–Trinajstić information content (AvgIpc) is 2.90. The SMILES string of the molecule is O=C1CNC(c2ccc([N+](=O)[O-])cc2)N1C1CCCOC1. The molecule has 112 valence electrons. The van der Waals surface area contributed by atoms with Crippen LogP contribution >= 0.6 is 0 Å². The number of carbonyl (C=O) groups excluding carboxylic acids is 1. The molecule has 2 heterocycles. The molecule has 21 heavy (non-hydrogen) atoms. The van der Waals surface area contributed by atoms with Crippen molar-refractivity contribution in [1.82, 2.24) is 10.2 Å². The van der Waals surface area contributed by atoms with E-state index in [2.05, 4.69) is 5.32 Å². The summed E-state index contributed by atoms with van der Waals surface area (Å²) in [4.78, 5) is 24.2. The molecule has 2 aliphatic rings. The molecule has 3 rings (SSSR count). The Morgan fingerprint density at radius 3 is 2.71 bits per heavy atom. The van der Waals surface area contributed by atoms with Gasteiger partial charge in [0.1, 0.15) is 6.17 Å². The third-order valence-corrected chi connectivity index (χ3v) is 3.96. The number of nitrogens with zero attached hydrogens (tertiary/aromatic N) is 2. The molecular formula is C14H17N3O4. The molecule has 0 saturated carbocycles. The number of ether oxygens (including phenoxy) is 1. The minimum atomic E-state index is -0.427. The van der Waals surface area contributed by atoms with Crippen molar-refractivity contribution in [3.05, 3.63) is 39.9 Å². The summed E-state index contributed by atoms with van der Waals surface area (Å²) in [6.45, 7) is 1.59. The Hall–Kier alpha value is -1.99. The van der Waals surface area contributed by atoms with Gasteiger partial charge in [0.25, 0.3) is 5.69 Å². The van der Waals surface area contributed by atoms with E-state index in [-0.39, 0.29) is 30.3 Å². The van der Waals surface area contributed by atoms with Gasteiger partial charge in [-0.1, -0.05) is 0 Å². The van der Waals surface area contributed by atoms with Gasteiger partial charge < -0.3 is 9.64 Å². The summed E-state index contributed by atoms with van der Waals surface area (Å²) < 4.78 is 5.47. The molecule has 0 aliphatic carbocycles. The van der Waals surface area contributed by atoms with Gasteiger partial charge in [0.2, 0.25) is 5.91 Å². The molecular weight excluding hydrogens is 274 g/mol. The molecule has 1 aromatic rings. The van der Waals surface area contributed by atoms with Gasteiger partial charge in [-0.25, -0.2) is 0 Å². The second kappa shape index (κ2) is 5.79. The van der Waals surface area contributed by atoms with Crippen LogP contribution in [0.1, 0.15) is 24.6 Å². The largest absolute Gasteiger partial charge is 0.379 e. The summed E-state index contributed by atoms with van der Waals surface area (Å²) in [5, 5.41) is 13.9. The second-order valence-corrected chi connectivity index (χ2v) is 5.30. The number of non-ortho nitro benzene ring substituents is 1. The van der Waals surface area contributed by atoms with Crippen LogP contribution in [-0.2, 0) is 9.53 Å². The third-order valence-electron chi connectivity index (χ3n) is 3.96. The van der Waals surface area contributed by atoms with Gasteiger partial charge >= 0.3 is 0 Å². The number of amides is 1.